The molecule has 0 radical (unpaired) electrons. The van der Waals surface area contributed by atoms with Gasteiger partial charge in [-0.3, -0.25) is 4.79 Å². The van der Waals surface area contributed by atoms with Crippen molar-refractivity contribution in [1.29, 1.82) is 0 Å². The van der Waals surface area contributed by atoms with E-state index in [0.717, 1.165) is 17.4 Å². The molecular formula is C11H12BrNO6S2. The van der Waals surface area contributed by atoms with Gasteiger partial charge in [-0.2, -0.15) is 4.72 Å². The lowest BCUT2D eigenvalue weighted by molar-refractivity contribution is -0.139. The molecule has 0 aliphatic heterocycles. The van der Waals surface area contributed by atoms with E-state index in [4.69, 9.17) is 5.11 Å². The number of hydrogen-bond donors (Lipinski definition) is 2. The maximum Gasteiger partial charge on any atom is 0.348 e. The topological polar surface area (TPSA) is 110 Å². The molecule has 0 saturated heterocycles. The quantitative estimate of drug-likeness (QED) is 0.702. The Morgan fingerprint density at radius 2 is 2.14 bits per heavy atom. The molecule has 1 aromatic rings. The lowest BCUT2D eigenvalue weighted by Gasteiger charge is -2.13. The first-order chi connectivity index (χ1) is 9.76. The number of sulfonamides is 1. The third kappa shape index (κ3) is 3.62. The van der Waals surface area contributed by atoms with E-state index >= 15 is 0 Å². The summed E-state index contributed by atoms with van der Waals surface area (Å²) in [6.07, 6.45) is 1.36. The molecule has 1 aromatic heterocycles. The maximum absolute atomic E-state index is 12.3. The van der Waals surface area contributed by atoms with Crippen LogP contribution in [-0.2, 0) is 19.6 Å². The van der Waals surface area contributed by atoms with Crippen molar-refractivity contribution in [3.63, 3.8) is 0 Å². The van der Waals surface area contributed by atoms with Crippen LogP contribution in [0.15, 0.2) is 14.7 Å². The summed E-state index contributed by atoms with van der Waals surface area (Å²) in [5, 5.41) is 9.08. The van der Waals surface area contributed by atoms with Crippen LogP contribution in [0, 0.1) is 5.92 Å². The Kier molecular flexibility index (Phi) is 4.71. The Balaban J connectivity index is 2.28. The van der Waals surface area contributed by atoms with Gasteiger partial charge in [0.2, 0.25) is 10.0 Å². The van der Waals surface area contributed by atoms with Crippen LogP contribution in [0.4, 0.5) is 0 Å². The summed E-state index contributed by atoms with van der Waals surface area (Å²) >= 11 is 3.98. The zero-order valence-corrected chi connectivity index (χ0v) is 14.0. The normalized spacial score (nSPS) is 16.5. The van der Waals surface area contributed by atoms with E-state index in [0.29, 0.717) is 12.8 Å². The fourth-order valence-electron chi connectivity index (χ4n) is 1.74. The number of methoxy groups -OCH3 is 1. The van der Waals surface area contributed by atoms with E-state index < -0.39 is 28.0 Å². The summed E-state index contributed by atoms with van der Waals surface area (Å²) in [6.45, 7) is 0. The van der Waals surface area contributed by atoms with Gasteiger partial charge in [0, 0.05) is 0 Å². The minimum absolute atomic E-state index is 0.114. The molecule has 0 spiro atoms. The minimum Gasteiger partial charge on any atom is -0.480 e. The van der Waals surface area contributed by atoms with Crippen molar-refractivity contribution in [2.75, 3.05) is 7.11 Å². The molecule has 116 valence electrons. The van der Waals surface area contributed by atoms with Gasteiger partial charge in [0.15, 0.2) is 0 Å². The van der Waals surface area contributed by atoms with Gasteiger partial charge in [-0.1, -0.05) is 0 Å². The fraction of sp³-hybridized carbons (Fsp3) is 0.455. The van der Waals surface area contributed by atoms with Crippen LogP contribution in [-0.4, -0.2) is 38.6 Å². The highest BCUT2D eigenvalue weighted by Crippen LogP contribution is 2.35. The molecule has 1 atom stereocenters. The van der Waals surface area contributed by atoms with Gasteiger partial charge in [-0.15, -0.1) is 11.3 Å². The molecule has 2 N–H and O–H groups in total. The Morgan fingerprint density at radius 3 is 2.62 bits per heavy atom. The van der Waals surface area contributed by atoms with Crippen LogP contribution < -0.4 is 4.72 Å². The summed E-state index contributed by atoms with van der Waals surface area (Å²) in [5.41, 5.74) is 0. The number of halogens is 1. The number of esters is 1. The molecule has 2 rings (SSSR count). The van der Waals surface area contributed by atoms with E-state index in [1.165, 1.54) is 7.11 Å². The SMILES string of the molecule is COC(=O)c1cc(S(=O)(=O)NC(C(=O)O)C2CC2)c(Br)s1. The van der Waals surface area contributed by atoms with Gasteiger partial charge in [-0.25, -0.2) is 13.2 Å². The van der Waals surface area contributed by atoms with Crippen molar-refractivity contribution in [1.82, 2.24) is 4.72 Å². The number of carbonyl (C=O) groups excluding carboxylic acids is 1. The van der Waals surface area contributed by atoms with Crippen molar-refractivity contribution in [2.24, 2.45) is 5.92 Å². The summed E-state index contributed by atoms with van der Waals surface area (Å²) in [6, 6.07) is 0.0118. The zero-order valence-electron chi connectivity index (χ0n) is 10.8. The smallest absolute Gasteiger partial charge is 0.348 e. The average Bonchev–Trinajstić information content (AvgIpc) is 3.16. The number of carboxylic acids is 1. The van der Waals surface area contributed by atoms with Crippen LogP contribution >= 0.6 is 27.3 Å². The molecule has 0 bridgehead atoms. The van der Waals surface area contributed by atoms with Crippen molar-refractivity contribution in [2.45, 2.75) is 23.8 Å². The van der Waals surface area contributed by atoms with Crippen LogP contribution in [0.25, 0.3) is 0 Å². The summed E-state index contributed by atoms with van der Waals surface area (Å²) in [4.78, 5) is 22.5. The third-order valence-electron chi connectivity index (χ3n) is 2.97. The molecule has 10 heteroatoms. The largest absolute Gasteiger partial charge is 0.480 e. The second kappa shape index (κ2) is 6.03. The van der Waals surface area contributed by atoms with Gasteiger partial charge < -0.3 is 9.84 Å². The molecule has 1 saturated carbocycles. The summed E-state index contributed by atoms with van der Waals surface area (Å²) in [7, 11) is -2.85. The van der Waals surface area contributed by atoms with E-state index in [1.54, 1.807) is 0 Å². The fourth-order valence-corrected chi connectivity index (χ4v) is 5.49. The second-order valence-corrected chi connectivity index (χ2v) is 8.57. The molecule has 1 aliphatic rings. The first-order valence-electron chi connectivity index (χ1n) is 5.89. The molecule has 1 unspecified atom stereocenters. The highest BCUT2D eigenvalue weighted by atomic mass is 79.9. The molecule has 1 fully saturated rings. The minimum atomic E-state index is -4.04. The Labute approximate surface area is 133 Å². The number of carbonyl (C=O) groups is 2. The lowest BCUT2D eigenvalue weighted by atomic mass is 10.2. The van der Waals surface area contributed by atoms with Crippen LogP contribution in [0.2, 0.25) is 0 Å². The first-order valence-corrected chi connectivity index (χ1v) is 8.98. The lowest BCUT2D eigenvalue weighted by Crippen LogP contribution is -2.42. The van der Waals surface area contributed by atoms with Crippen molar-refractivity contribution < 1.29 is 27.9 Å². The van der Waals surface area contributed by atoms with E-state index in [2.05, 4.69) is 25.4 Å². The van der Waals surface area contributed by atoms with E-state index in [1.807, 2.05) is 0 Å². The molecule has 0 amide bonds. The van der Waals surface area contributed by atoms with Crippen LogP contribution in [0.5, 0.6) is 0 Å². The predicted octanol–water partition coefficient (Wildman–Crippen LogP) is 1.44. The Hall–Kier alpha value is -0.970. The number of rotatable bonds is 6. The predicted molar refractivity (Wildman–Crippen MR) is 77.8 cm³/mol. The summed E-state index contributed by atoms with van der Waals surface area (Å²) < 4.78 is 31.5. The molecule has 21 heavy (non-hydrogen) atoms. The second-order valence-electron chi connectivity index (χ2n) is 4.51. The van der Waals surface area contributed by atoms with Gasteiger partial charge in [-0.05, 0) is 40.8 Å². The van der Waals surface area contributed by atoms with Crippen molar-refractivity contribution in [3.05, 3.63) is 14.7 Å². The summed E-state index contributed by atoms with van der Waals surface area (Å²) in [5.74, 6) is -2.05. The molecular weight excluding hydrogens is 386 g/mol. The average molecular weight is 398 g/mol. The molecule has 1 heterocycles. The number of aliphatic carboxylic acids is 1. The first kappa shape index (κ1) is 16.4. The van der Waals surface area contributed by atoms with Crippen molar-refractivity contribution in [3.8, 4) is 0 Å². The number of thiophene rings is 1. The van der Waals surface area contributed by atoms with Gasteiger partial charge in [0.1, 0.15) is 15.8 Å². The monoisotopic (exact) mass is 397 g/mol. The standard InChI is InChI=1S/C11H12BrNO6S2/c1-19-11(16)6-4-7(9(12)20-6)21(17,18)13-8(10(14)15)5-2-3-5/h4-5,8,13H,2-3H2,1H3,(H,14,15). The van der Waals surface area contributed by atoms with Gasteiger partial charge in [0.25, 0.3) is 0 Å². The van der Waals surface area contributed by atoms with Crippen molar-refractivity contribution >= 4 is 49.2 Å². The van der Waals surface area contributed by atoms with Gasteiger partial charge >= 0.3 is 11.9 Å². The highest BCUT2D eigenvalue weighted by Gasteiger charge is 2.39. The highest BCUT2D eigenvalue weighted by molar-refractivity contribution is 9.11. The van der Waals surface area contributed by atoms with Gasteiger partial charge in [0.05, 0.1) is 10.9 Å². The molecule has 1 aliphatic carbocycles. The molecule has 0 aromatic carbocycles. The maximum atomic E-state index is 12.3. The Morgan fingerprint density at radius 1 is 1.52 bits per heavy atom. The number of nitrogens with one attached hydrogen (secondary N) is 1. The number of hydrogen-bond acceptors (Lipinski definition) is 6. The number of ether oxygens (including phenoxy) is 1. The third-order valence-corrected chi connectivity index (χ3v) is 6.65. The van der Waals surface area contributed by atoms with Crippen LogP contribution in [0.1, 0.15) is 22.5 Å². The zero-order chi connectivity index (χ0) is 15.8. The van der Waals surface area contributed by atoms with Crippen LogP contribution in [0.3, 0.4) is 0 Å². The molecule has 7 nitrogen and oxygen atoms in total. The van der Waals surface area contributed by atoms with E-state index in [9.17, 15) is 18.0 Å². The number of carboxylic acid groups (broad SMARTS) is 1. The van der Waals surface area contributed by atoms with E-state index in [-0.39, 0.29) is 19.5 Å². The Bertz CT molecular complexity index is 679.